The Morgan fingerprint density at radius 1 is 1.19 bits per heavy atom. The average molecular weight is 239 g/mol. The molecule has 1 aromatic rings. The first kappa shape index (κ1) is 12.7. The molecule has 1 rings (SSSR count). The lowest BCUT2D eigenvalue weighted by Crippen LogP contribution is -2.21. The number of benzene rings is 1. The van der Waals surface area contributed by atoms with Gasteiger partial charge in [-0.05, 0) is 28.7 Å². The summed E-state index contributed by atoms with van der Waals surface area (Å²) in [5.41, 5.74) is 1.05. The van der Waals surface area contributed by atoms with Gasteiger partial charge in [0.2, 0.25) is 0 Å². The predicted molar refractivity (Wildman–Crippen MR) is 69.6 cm³/mol. The van der Waals surface area contributed by atoms with Crippen LogP contribution in [0.5, 0.6) is 0 Å². The number of hydrogen-bond acceptors (Lipinski definition) is 0. The Balaban J connectivity index is 3.15. The zero-order valence-electron chi connectivity index (χ0n) is 10.1. The number of aliphatic imine (C=N–C) groups is 1. The van der Waals surface area contributed by atoms with E-state index in [9.17, 15) is 0 Å². The van der Waals surface area contributed by atoms with Crippen molar-refractivity contribution < 1.29 is 4.58 Å². The molecule has 3 nitrogen and oxygen atoms in total. The first-order chi connectivity index (χ1) is 7.52. The minimum atomic E-state index is 0.465. The van der Waals surface area contributed by atoms with E-state index in [1.165, 1.54) is 0 Å². The lowest BCUT2D eigenvalue weighted by molar-refractivity contribution is -0.464. The number of amidine groups is 2. The topological polar surface area (TPSA) is 18.6 Å². The lowest BCUT2D eigenvalue weighted by atomic mass is 10.2. The van der Waals surface area contributed by atoms with E-state index in [2.05, 4.69) is 4.99 Å². The second kappa shape index (κ2) is 5.66. The van der Waals surface area contributed by atoms with Crippen LogP contribution in [0.15, 0.2) is 35.3 Å². The molecule has 0 aliphatic heterocycles. The minimum absolute atomic E-state index is 0.465. The molecule has 16 heavy (non-hydrogen) atoms. The zero-order valence-corrected chi connectivity index (χ0v) is 10.9. The van der Waals surface area contributed by atoms with Crippen molar-refractivity contribution in [1.82, 2.24) is 4.90 Å². The molecule has 0 bridgehead atoms. The average Bonchev–Trinajstić information content (AvgIpc) is 2.26. The molecule has 86 valence electrons. The molecule has 0 saturated carbocycles. The largest absolute Gasteiger partial charge is 0.332 e. The highest BCUT2D eigenvalue weighted by Crippen LogP contribution is 2.03. The summed E-state index contributed by atoms with van der Waals surface area (Å²) in [5.74, 6) is 0.847. The van der Waals surface area contributed by atoms with Gasteiger partial charge in [0.25, 0.3) is 0 Å². The van der Waals surface area contributed by atoms with Gasteiger partial charge in [-0.2, -0.15) is 0 Å². The standard InChI is InChI=1S/C12H17ClN3/c1-15(2)11(14-12(13)16(3)4)10-8-6-5-7-9-10/h5-9H,1-4H3/q+1. The maximum absolute atomic E-state index is 6.03. The summed E-state index contributed by atoms with van der Waals surface area (Å²) in [5, 5.41) is 0.465. The van der Waals surface area contributed by atoms with E-state index >= 15 is 0 Å². The Bertz CT molecular complexity index is 404. The summed E-state index contributed by atoms with van der Waals surface area (Å²) < 4.78 is 1.95. The Morgan fingerprint density at radius 3 is 2.19 bits per heavy atom. The molecule has 4 heteroatoms. The Labute approximate surface area is 102 Å². The Morgan fingerprint density at radius 2 is 1.75 bits per heavy atom. The molecule has 1 aromatic carbocycles. The molecule has 0 N–H and O–H groups in total. The van der Waals surface area contributed by atoms with Crippen LogP contribution in [0.3, 0.4) is 0 Å². The highest BCUT2D eigenvalue weighted by Gasteiger charge is 2.14. The number of rotatable bonds is 1. The summed E-state index contributed by atoms with van der Waals surface area (Å²) in [6, 6.07) is 9.97. The van der Waals surface area contributed by atoms with E-state index < -0.39 is 0 Å². The van der Waals surface area contributed by atoms with Gasteiger partial charge in [-0.25, -0.2) is 0 Å². The first-order valence-corrected chi connectivity index (χ1v) is 5.41. The van der Waals surface area contributed by atoms with Crippen molar-refractivity contribution in [3.8, 4) is 0 Å². The van der Waals surface area contributed by atoms with Crippen LogP contribution in [0.2, 0.25) is 0 Å². The van der Waals surface area contributed by atoms with Crippen molar-refractivity contribution >= 4 is 22.7 Å². The smallest absolute Gasteiger partial charge is 0.329 e. The van der Waals surface area contributed by atoms with Gasteiger partial charge in [0.05, 0.1) is 19.7 Å². The van der Waals surface area contributed by atoms with Crippen LogP contribution in [0.25, 0.3) is 0 Å². The summed E-state index contributed by atoms with van der Waals surface area (Å²) in [6.07, 6.45) is 0. The molecular formula is C12H17ClN3+. The van der Waals surface area contributed by atoms with Gasteiger partial charge in [-0.15, -0.1) is 0 Å². The zero-order chi connectivity index (χ0) is 12.1. The summed E-state index contributed by atoms with van der Waals surface area (Å²) in [7, 11) is 7.63. The summed E-state index contributed by atoms with van der Waals surface area (Å²) in [6.45, 7) is 0. The Hall–Kier alpha value is -1.35. The van der Waals surface area contributed by atoms with E-state index in [1.54, 1.807) is 4.90 Å². The molecule has 0 heterocycles. The molecule has 0 spiro atoms. The van der Waals surface area contributed by atoms with Gasteiger partial charge in [0.1, 0.15) is 0 Å². The van der Waals surface area contributed by atoms with E-state index in [0.29, 0.717) is 5.29 Å². The van der Waals surface area contributed by atoms with Crippen molar-refractivity contribution in [2.24, 2.45) is 4.99 Å². The fourth-order valence-electron chi connectivity index (χ4n) is 1.20. The van der Waals surface area contributed by atoms with Crippen LogP contribution < -0.4 is 0 Å². The second-order valence-corrected chi connectivity index (χ2v) is 4.20. The third kappa shape index (κ3) is 3.35. The minimum Gasteiger partial charge on any atom is -0.332 e. The molecule has 0 unspecified atom stereocenters. The van der Waals surface area contributed by atoms with Crippen molar-refractivity contribution in [2.75, 3.05) is 28.2 Å². The van der Waals surface area contributed by atoms with Gasteiger partial charge in [0.15, 0.2) is 0 Å². The monoisotopic (exact) mass is 238 g/mol. The van der Waals surface area contributed by atoms with Crippen LogP contribution in [0, 0.1) is 0 Å². The van der Waals surface area contributed by atoms with Gasteiger partial charge >= 0.3 is 11.1 Å². The molecule has 0 atom stereocenters. The highest BCUT2D eigenvalue weighted by atomic mass is 35.5. The maximum atomic E-state index is 6.03. The third-order valence-electron chi connectivity index (χ3n) is 2.02. The van der Waals surface area contributed by atoms with Gasteiger partial charge in [-0.1, -0.05) is 18.2 Å². The molecular weight excluding hydrogens is 222 g/mol. The predicted octanol–water partition coefficient (Wildman–Crippen LogP) is 1.86. The summed E-state index contributed by atoms with van der Waals surface area (Å²) in [4.78, 5) is 6.17. The molecule has 0 fully saturated rings. The van der Waals surface area contributed by atoms with Gasteiger partial charge in [0, 0.05) is 14.1 Å². The second-order valence-electron chi connectivity index (χ2n) is 3.86. The van der Waals surface area contributed by atoms with E-state index in [1.807, 2.05) is 63.1 Å². The van der Waals surface area contributed by atoms with Crippen molar-refractivity contribution in [3.05, 3.63) is 35.9 Å². The highest BCUT2D eigenvalue weighted by molar-refractivity contribution is 6.65. The lowest BCUT2D eigenvalue weighted by Gasteiger charge is -2.04. The quantitative estimate of drug-likeness (QED) is 0.316. The van der Waals surface area contributed by atoms with Crippen LogP contribution in [-0.2, 0) is 0 Å². The fourth-order valence-corrected chi connectivity index (χ4v) is 1.28. The summed E-state index contributed by atoms with van der Waals surface area (Å²) >= 11 is 6.03. The number of nitrogens with zero attached hydrogens (tertiary/aromatic N) is 3. The van der Waals surface area contributed by atoms with Crippen LogP contribution in [-0.4, -0.2) is 48.8 Å². The van der Waals surface area contributed by atoms with Crippen LogP contribution in [0.4, 0.5) is 0 Å². The van der Waals surface area contributed by atoms with Crippen molar-refractivity contribution in [2.45, 2.75) is 0 Å². The molecule has 0 aromatic heterocycles. The van der Waals surface area contributed by atoms with Crippen molar-refractivity contribution in [1.29, 1.82) is 0 Å². The van der Waals surface area contributed by atoms with Crippen LogP contribution in [0.1, 0.15) is 5.56 Å². The number of halogens is 1. The molecule has 0 radical (unpaired) electrons. The molecule has 0 aliphatic rings. The molecule has 0 saturated heterocycles. The fraction of sp³-hybridized carbons (Fsp3) is 0.333. The van der Waals surface area contributed by atoms with Crippen molar-refractivity contribution in [3.63, 3.8) is 0 Å². The van der Waals surface area contributed by atoms with Gasteiger partial charge in [-0.3, -0.25) is 4.58 Å². The Kier molecular flexibility index (Phi) is 4.50. The van der Waals surface area contributed by atoms with Crippen LogP contribution >= 0.6 is 11.6 Å². The number of hydrogen-bond donors (Lipinski definition) is 0. The van der Waals surface area contributed by atoms with E-state index in [4.69, 9.17) is 11.6 Å². The van der Waals surface area contributed by atoms with E-state index in [0.717, 1.165) is 11.4 Å². The van der Waals surface area contributed by atoms with E-state index in [-0.39, 0.29) is 0 Å². The third-order valence-corrected chi connectivity index (χ3v) is 2.45. The van der Waals surface area contributed by atoms with Gasteiger partial charge < -0.3 is 4.90 Å². The normalized spacial score (nSPS) is 11.2. The molecule has 0 amide bonds. The molecule has 0 aliphatic carbocycles. The first-order valence-electron chi connectivity index (χ1n) is 5.03. The SMILES string of the molecule is CN(C)C(Cl)=NC(c1ccccc1)=[N+](C)C. The maximum Gasteiger partial charge on any atom is 0.329 e.